The van der Waals surface area contributed by atoms with Gasteiger partial charge in [0.25, 0.3) is 0 Å². The Morgan fingerprint density at radius 2 is 2.25 bits per heavy atom. The second-order valence-electron chi connectivity index (χ2n) is 2.64. The molecule has 0 spiro atoms. The van der Waals surface area contributed by atoms with Gasteiger partial charge in [0.2, 0.25) is 0 Å². The molecule has 16 heavy (non-hydrogen) atoms. The number of hydrogen-bond acceptors (Lipinski definition) is 4. The molecule has 0 aromatic heterocycles. The molecule has 0 bridgehead atoms. The van der Waals surface area contributed by atoms with Crippen LogP contribution in [0.1, 0.15) is 5.56 Å². The summed E-state index contributed by atoms with van der Waals surface area (Å²) in [6.07, 6.45) is 3.56. The third-order valence-electron chi connectivity index (χ3n) is 1.65. The molecule has 0 unspecified atom stereocenters. The molecule has 0 aliphatic rings. The van der Waals surface area contributed by atoms with E-state index in [1.807, 2.05) is 6.07 Å². The average Bonchev–Trinajstić information content (AvgIpc) is 2.31. The quantitative estimate of drug-likeness (QED) is 0.360. The van der Waals surface area contributed by atoms with E-state index >= 15 is 0 Å². The molecule has 0 heterocycles. The number of benzene rings is 1. The largest absolute Gasteiger partial charge is 0.271 e. The van der Waals surface area contributed by atoms with Crippen molar-refractivity contribution >= 4 is 34.2 Å². The minimum Gasteiger partial charge on any atom is -0.271 e. The van der Waals surface area contributed by atoms with E-state index < -0.39 is 0 Å². The van der Waals surface area contributed by atoms with E-state index in [9.17, 15) is 0 Å². The number of rotatable bonds is 1. The number of thioether (sulfide) groups is 1. The number of aliphatic imine (C=N–C) groups is 1. The standard InChI is InChI=1S/C10H7ClN4S/c1-16-10(14-6-13)15-9-4-7(5-12)2-3-8(9)11/h2-4H,1H3,(H,14,15). The van der Waals surface area contributed by atoms with E-state index in [1.165, 1.54) is 11.8 Å². The van der Waals surface area contributed by atoms with E-state index in [0.717, 1.165) is 0 Å². The molecular weight excluding hydrogens is 244 g/mol. The maximum atomic E-state index is 8.73. The number of nitrogens with zero attached hydrogens (tertiary/aromatic N) is 3. The van der Waals surface area contributed by atoms with Crippen LogP contribution in [0.3, 0.4) is 0 Å². The first kappa shape index (κ1) is 12.4. The summed E-state index contributed by atoms with van der Waals surface area (Å²) >= 11 is 7.20. The van der Waals surface area contributed by atoms with Crippen molar-refractivity contribution in [1.29, 1.82) is 10.5 Å². The van der Waals surface area contributed by atoms with Crippen LogP contribution in [0.15, 0.2) is 23.2 Å². The number of hydrogen-bond donors (Lipinski definition) is 1. The van der Waals surface area contributed by atoms with Crippen LogP contribution in [0.2, 0.25) is 5.02 Å². The Balaban J connectivity index is 3.13. The summed E-state index contributed by atoms with van der Waals surface area (Å²) in [7, 11) is 0. The highest BCUT2D eigenvalue weighted by atomic mass is 35.5. The summed E-state index contributed by atoms with van der Waals surface area (Å²) in [5, 5.41) is 20.5. The van der Waals surface area contributed by atoms with Crippen molar-refractivity contribution in [2.45, 2.75) is 0 Å². The summed E-state index contributed by atoms with van der Waals surface area (Å²) in [6.45, 7) is 0. The molecular formula is C10H7ClN4S. The average molecular weight is 251 g/mol. The maximum Gasteiger partial charge on any atom is 0.183 e. The third kappa shape index (κ3) is 3.16. The Bertz CT molecular complexity index is 499. The summed E-state index contributed by atoms with van der Waals surface area (Å²) in [4.78, 5) is 4.14. The molecule has 6 heteroatoms. The fourth-order valence-corrected chi connectivity index (χ4v) is 1.45. The lowest BCUT2D eigenvalue weighted by atomic mass is 10.2. The van der Waals surface area contributed by atoms with Crippen molar-refractivity contribution in [2.24, 2.45) is 4.99 Å². The van der Waals surface area contributed by atoms with Gasteiger partial charge in [-0.15, -0.1) is 0 Å². The topological polar surface area (TPSA) is 72.0 Å². The van der Waals surface area contributed by atoms with Crippen LogP contribution in [-0.2, 0) is 0 Å². The number of nitrogens with one attached hydrogen (secondary N) is 1. The van der Waals surface area contributed by atoms with Gasteiger partial charge in [0.15, 0.2) is 11.4 Å². The zero-order valence-electron chi connectivity index (χ0n) is 8.36. The molecule has 0 atom stereocenters. The molecule has 1 aromatic rings. The minimum atomic E-state index is 0.430. The Kier molecular flexibility index (Phi) is 4.65. The van der Waals surface area contributed by atoms with Gasteiger partial charge >= 0.3 is 0 Å². The number of halogens is 1. The zero-order valence-corrected chi connectivity index (χ0v) is 9.93. The van der Waals surface area contributed by atoms with Crippen molar-refractivity contribution < 1.29 is 0 Å². The van der Waals surface area contributed by atoms with Gasteiger partial charge in [-0.05, 0) is 24.5 Å². The van der Waals surface area contributed by atoms with Gasteiger partial charge in [-0.3, -0.25) is 5.32 Å². The van der Waals surface area contributed by atoms with Crippen LogP contribution in [0.5, 0.6) is 0 Å². The van der Waals surface area contributed by atoms with E-state index in [2.05, 4.69) is 10.3 Å². The molecule has 80 valence electrons. The van der Waals surface area contributed by atoms with Gasteiger partial charge < -0.3 is 0 Å². The van der Waals surface area contributed by atoms with Gasteiger partial charge in [-0.2, -0.15) is 10.5 Å². The number of nitriles is 2. The highest BCUT2D eigenvalue weighted by Gasteiger charge is 2.03. The van der Waals surface area contributed by atoms with Crippen LogP contribution in [0.4, 0.5) is 5.69 Å². The van der Waals surface area contributed by atoms with E-state index in [0.29, 0.717) is 21.4 Å². The van der Waals surface area contributed by atoms with Crippen molar-refractivity contribution in [3.8, 4) is 12.3 Å². The molecule has 0 amide bonds. The van der Waals surface area contributed by atoms with Gasteiger partial charge in [0, 0.05) is 0 Å². The normalized spacial score (nSPS) is 10.4. The molecule has 0 radical (unpaired) electrons. The third-order valence-corrected chi connectivity index (χ3v) is 2.55. The van der Waals surface area contributed by atoms with Crippen molar-refractivity contribution in [3.63, 3.8) is 0 Å². The lowest BCUT2D eigenvalue weighted by molar-refractivity contribution is 1.28. The maximum absolute atomic E-state index is 8.73. The van der Waals surface area contributed by atoms with E-state index in [4.69, 9.17) is 22.1 Å². The first-order valence-corrected chi connectivity index (χ1v) is 5.79. The summed E-state index contributed by atoms with van der Waals surface area (Å²) in [6, 6.07) is 6.77. The first-order valence-electron chi connectivity index (χ1n) is 4.18. The van der Waals surface area contributed by atoms with Crippen LogP contribution in [0, 0.1) is 22.8 Å². The Morgan fingerprint density at radius 3 is 2.81 bits per heavy atom. The van der Waals surface area contributed by atoms with Crippen LogP contribution in [0.25, 0.3) is 0 Å². The highest BCUT2D eigenvalue weighted by molar-refractivity contribution is 8.13. The summed E-state index contributed by atoms with van der Waals surface area (Å²) in [5.74, 6) is 0. The van der Waals surface area contributed by atoms with Crippen molar-refractivity contribution in [2.75, 3.05) is 6.26 Å². The molecule has 0 saturated heterocycles. The molecule has 1 rings (SSSR count). The molecule has 4 nitrogen and oxygen atoms in total. The Labute approximate surface area is 103 Å². The van der Waals surface area contributed by atoms with Crippen molar-refractivity contribution in [3.05, 3.63) is 28.8 Å². The van der Waals surface area contributed by atoms with Crippen LogP contribution < -0.4 is 5.32 Å². The fraction of sp³-hybridized carbons (Fsp3) is 0.100. The van der Waals surface area contributed by atoms with Gasteiger partial charge in [-0.1, -0.05) is 23.4 Å². The predicted octanol–water partition coefficient (Wildman–Crippen LogP) is 2.63. The van der Waals surface area contributed by atoms with Crippen molar-refractivity contribution in [1.82, 2.24) is 5.32 Å². The molecule has 0 aliphatic heterocycles. The first-order chi connectivity index (χ1) is 7.71. The lowest BCUT2D eigenvalue weighted by Gasteiger charge is -2.02. The second-order valence-corrected chi connectivity index (χ2v) is 3.84. The Morgan fingerprint density at radius 1 is 1.50 bits per heavy atom. The predicted molar refractivity (Wildman–Crippen MR) is 65.5 cm³/mol. The zero-order chi connectivity index (χ0) is 12.0. The van der Waals surface area contributed by atoms with E-state index in [1.54, 1.807) is 30.6 Å². The Hall–Kier alpha value is -1.69. The molecule has 0 fully saturated rings. The van der Waals surface area contributed by atoms with E-state index in [-0.39, 0.29) is 0 Å². The fourth-order valence-electron chi connectivity index (χ4n) is 0.950. The summed E-state index contributed by atoms with van der Waals surface area (Å²) in [5.41, 5.74) is 0.938. The smallest absolute Gasteiger partial charge is 0.183 e. The minimum absolute atomic E-state index is 0.430. The SMILES string of the molecule is CSC(=Nc1cc(C#N)ccc1Cl)NC#N. The van der Waals surface area contributed by atoms with Crippen LogP contribution in [-0.4, -0.2) is 11.4 Å². The molecule has 0 aliphatic carbocycles. The monoisotopic (exact) mass is 250 g/mol. The van der Waals surface area contributed by atoms with Gasteiger partial charge in [-0.25, -0.2) is 4.99 Å². The number of amidine groups is 1. The van der Waals surface area contributed by atoms with Crippen LogP contribution >= 0.6 is 23.4 Å². The molecule has 0 saturated carbocycles. The lowest BCUT2D eigenvalue weighted by Crippen LogP contribution is -2.12. The summed E-state index contributed by atoms with van der Waals surface area (Å²) < 4.78 is 0. The van der Waals surface area contributed by atoms with Gasteiger partial charge in [0.1, 0.15) is 0 Å². The molecule has 1 N–H and O–H groups in total. The second kappa shape index (κ2) is 6.02. The highest BCUT2D eigenvalue weighted by Crippen LogP contribution is 2.26. The molecule has 1 aromatic carbocycles. The van der Waals surface area contributed by atoms with Gasteiger partial charge in [0.05, 0.1) is 22.3 Å².